The summed E-state index contributed by atoms with van der Waals surface area (Å²) >= 11 is 0. The van der Waals surface area contributed by atoms with Gasteiger partial charge in [-0.2, -0.15) is 8.78 Å². The summed E-state index contributed by atoms with van der Waals surface area (Å²) in [6, 6.07) is 12.9. The van der Waals surface area contributed by atoms with E-state index >= 15 is 0 Å². The number of halogens is 2. The minimum Gasteiger partial charge on any atom is -0.433 e. The van der Waals surface area contributed by atoms with Crippen molar-refractivity contribution in [3.05, 3.63) is 48.5 Å². The molecule has 1 aliphatic rings. The molecule has 3 N–H and O–H groups in total. The number of carbonyl (C=O) groups is 2. The van der Waals surface area contributed by atoms with E-state index in [9.17, 15) is 18.4 Å². The van der Waals surface area contributed by atoms with E-state index in [1.807, 2.05) is 0 Å². The Labute approximate surface area is 154 Å². The van der Waals surface area contributed by atoms with Crippen molar-refractivity contribution in [2.24, 2.45) is 5.92 Å². The van der Waals surface area contributed by atoms with Gasteiger partial charge in [0.2, 0.25) is 11.8 Å². The predicted molar refractivity (Wildman–Crippen MR) is 98.0 cm³/mol. The summed E-state index contributed by atoms with van der Waals surface area (Å²) < 4.78 is 29.2. The minimum atomic E-state index is -2.97. The molecule has 0 saturated heterocycles. The van der Waals surface area contributed by atoms with Crippen molar-refractivity contribution in [1.29, 1.82) is 0 Å². The van der Waals surface area contributed by atoms with Crippen LogP contribution in [0.25, 0.3) is 0 Å². The second kappa shape index (κ2) is 8.48. The number of ether oxygens (including phenoxy) is 1. The maximum absolute atomic E-state index is 12.4. The Bertz CT molecular complexity index is 808. The third kappa shape index (κ3) is 5.67. The Morgan fingerprint density at radius 2 is 1.67 bits per heavy atom. The molecule has 0 unspecified atom stereocenters. The number of carbonyl (C=O) groups excluding carboxylic acids is 2. The van der Waals surface area contributed by atoms with Crippen molar-refractivity contribution in [2.75, 3.05) is 22.5 Å². The molecule has 0 spiro atoms. The Morgan fingerprint density at radius 1 is 1.00 bits per heavy atom. The summed E-state index contributed by atoms with van der Waals surface area (Å²) in [6.07, 6.45) is 1.87. The van der Waals surface area contributed by atoms with Crippen molar-refractivity contribution in [1.82, 2.24) is 0 Å². The van der Waals surface area contributed by atoms with Crippen LogP contribution < -0.4 is 20.7 Å². The van der Waals surface area contributed by atoms with Gasteiger partial charge in [0.05, 0.1) is 12.2 Å². The Morgan fingerprint density at radius 3 is 2.33 bits per heavy atom. The van der Waals surface area contributed by atoms with Crippen molar-refractivity contribution in [3.63, 3.8) is 0 Å². The quantitative estimate of drug-likeness (QED) is 0.658. The molecule has 27 heavy (non-hydrogen) atoms. The van der Waals surface area contributed by atoms with Crippen molar-refractivity contribution in [3.8, 4) is 5.75 Å². The van der Waals surface area contributed by atoms with E-state index in [1.165, 1.54) is 18.2 Å². The zero-order chi connectivity index (χ0) is 19.2. The van der Waals surface area contributed by atoms with Gasteiger partial charge in [-0.25, -0.2) is 0 Å². The maximum Gasteiger partial charge on any atom is 0.387 e. The van der Waals surface area contributed by atoms with Gasteiger partial charge in [0.25, 0.3) is 0 Å². The van der Waals surface area contributed by atoms with Gasteiger partial charge in [-0.15, -0.1) is 0 Å². The fraction of sp³-hybridized carbons (Fsp3) is 0.263. The second-order valence-electron chi connectivity index (χ2n) is 6.12. The van der Waals surface area contributed by atoms with Crippen LogP contribution in [0, 0.1) is 5.92 Å². The zero-order valence-corrected chi connectivity index (χ0v) is 14.4. The topological polar surface area (TPSA) is 79.5 Å². The Hall–Kier alpha value is -3.16. The molecule has 3 rings (SSSR count). The van der Waals surface area contributed by atoms with Crippen LogP contribution in [0.2, 0.25) is 0 Å². The van der Waals surface area contributed by atoms with Crippen LogP contribution in [-0.2, 0) is 9.59 Å². The molecule has 0 heterocycles. The van der Waals surface area contributed by atoms with Crippen LogP contribution in [0.15, 0.2) is 48.5 Å². The number of para-hydroxylation sites is 2. The number of benzene rings is 2. The van der Waals surface area contributed by atoms with E-state index in [-0.39, 0.29) is 29.8 Å². The van der Waals surface area contributed by atoms with Gasteiger partial charge in [0, 0.05) is 17.3 Å². The average molecular weight is 375 g/mol. The third-order valence-electron chi connectivity index (χ3n) is 3.93. The molecule has 1 aliphatic carbocycles. The molecule has 8 heteroatoms. The highest BCUT2D eigenvalue weighted by Crippen LogP contribution is 2.30. The first-order chi connectivity index (χ1) is 13.0. The van der Waals surface area contributed by atoms with Crippen LogP contribution in [0.3, 0.4) is 0 Å². The molecule has 142 valence electrons. The van der Waals surface area contributed by atoms with Crippen LogP contribution in [0.5, 0.6) is 5.75 Å². The molecule has 1 saturated carbocycles. The smallest absolute Gasteiger partial charge is 0.387 e. The summed E-state index contributed by atoms with van der Waals surface area (Å²) in [6.45, 7) is -3.03. The molecule has 0 atom stereocenters. The fourth-order valence-corrected chi connectivity index (χ4v) is 2.41. The van der Waals surface area contributed by atoms with E-state index in [0.717, 1.165) is 12.8 Å². The summed E-state index contributed by atoms with van der Waals surface area (Å²) in [5.41, 5.74) is 1.55. The maximum atomic E-state index is 12.4. The number of rotatable bonds is 8. The highest BCUT2D eigenvalue weighted by Gasteiger charge is 2.29. The van der Waals surface area contributed by atoms with E-state index < -0.39 is 12.5 Å². The average Bonchev–Trinajstić information content (AvgIpc) is 3.48. The second-order valence-corrected chi connectivity index (χ2v) is 6.12. The van der Waals surface area contributed by atoms with Crippen LogP contribution in [0.4, 0.5) is 25.8 Å². The van der Waals surface area contributed by atoms with E-state index in [0.29, 0.717) is 11.4 Å². The fourth-order valence-electron chi connectivity index (χ4n) is 2.41. The molecule has 2 aromatic carbocycles. The van der Waals surface area contributed by atoms with Gasteiger partial charge in [-0.3, -0.25) is 9.59 Å². The Kier molecular flexibility index (Phi) is 5.85. The van der Waals surface area contributed by atoms with Crippen molar-refractivity contribution < 1.29 is 23.1 Å². The van der Waals surface area contributed by atoms with Gasteiger partial charge in [0.15, 0.2) is 0 Å². The van der Waals surface area contributed by atoms with E-state index in [2.05, 4.69) is 20.7 Å². The van der Waals surface area contributed by atoms with Crippen LogP contribution in [0.1, 0.15) is 12.8 Å². The van der Waals surface area contributed by atoms with Gasteiger partial charge in [-0.05, 0) is 49.2 Å². The van der Waals surface area contributed by atoms with E-state index in [4.69, 9.17) is 0 Å². The van der Waals surface area contributed by atoms with Crippen molar-refractivity contribution in [2.45, 2.75) is 19.5 Å². The molecule has 0 bridgehead atoms. The Balaban J connectivity index is 1.49. The lowest BCUT2D eigenvalue weighted by molar-refractivity contribution is -0.117. The highest BCUT2D eigenvalue weighted by molar-refractivity contribution is 5.95. The molecule has 6 nitrogen and oxygen atoms in total. The minimum absolute atomic E-state index is 0.0276. The largest absolute Gasteiger partial charge is 0.433 e. The third-order valence-corrected chi connectivity index (χ3v) is 3.93. The first-order valence-corrected chi connectivity index (χ1v) is 8.50. The SMILES string of the molecule is O=C(CNc1ccc(NC(=O)C2CC2)cc1)Nc1ccccc1OC(F)F. The number of anilines is 3. The van der Waals surface area contributed by atoms with Gasteiger partial charge >= 0.3 is 6.61 Å². The van der Waals surface area contributed by atoms with Crippen LogP contribution in [-0.4, -0.2) is 25.0 Å². The summed E-state index contributed by atoms with van der Waals surface area (Å²) in [5, 5.41) is 8.28. The number of alkyl halides is 2. The monoisotopic (exact) mass is 375 g/mol. The molecule has 2 amide bonds. The van der Waals surface area contributed by atoms with Gasteiger partial charge in [0.1, 0.15) is 5.75 Å². The number of hydrogen-bond donors (Lipinski definition) is 3. The molecular weight excluding hydrogens is 356 g/mol. The first kappa shape index (κ1) is 18.6. The lowest BCUT2D eigenvalue weighted by Crippen LogP contribution is -2.22. The summed E-state index contributed by atoms with van der Waals surface area (Å²) in [7, 11) is 0. The standard InChI is InChI=1S/C19H19F2N3O3/c20-19(21)27-16-4-2-1-3-15(16)24-17(25)11-22-13-7-9-14(10-8-13)23-18(26)12-5-6-12/h1-4,7-10,12,19,22H,5-6,11H2,(H,23,26)(H,24,25). The highest BCUT2D eigenvalue weighted by atomic mass is 19.3. The normalized spacial score (nSPS) is 13.1. The molecule has 0 aliphatic heterocycles. The molecule has 2 aromatic rings. The summed E-state index contributed by atoms with van der Waals surface area (Å²) in [4.78, 5) is 23.8. The first-order valence-electron chi connectivity index (χ1n) is 8.50. The predicted octanol–water partition coefficient (Wildman–Crippen LogP) is 3.69. The van der Waals surface area contributed by atoms with Crippen molar-refractivity contribution >= 4 is 28.9 Å². The molecule has 0 aromatic heterocycles. The molecule has 1 fully saturated rings. The van der Waals surface area contributed by atoms with Gasteiger partial charge < -0.3 is 20.7 Å². The zero-order valence-electron chi connectivity index (χ0n) is 14.4. The van der Waals surface area contributed by atoms with Gasteiger partial charge in [-0.1, -0.05) is 12.1 Å². The lowest BCUT2D eigenvalue weighted by Gasteiger charge is -2.12. The number of nitrogens with one attached hydrogen (secondary N) is 3. The number of amides is 2. The molecular formula is C19H19F2N3O3. The van der Waals surface area contributed by atoms with Crippen LogP contribution >= 0.6 is 0 Å². The lowest BCUT2D eigenvalue weighted by atomic mass is 10.2. The molecule has 0 radical (unpaired) electrons. The van der Waals surface area contributed by atoms with E-state index in [1.54, 1.807) is 30.3 Å². The number of hydrogen-bond acceptors (Lipinski definition) is 4. The summed E-state index contributed by atoms with van der Waals surface area (Å²) in [5.74, 6) is -0.355.